The maximum atomic E-state index is 12.5. The molecule has 0 aliphatic heterocycles. The predicted molar refractivity (Wildman–Crippen MR) is 104 cm³/mol. The third-order valence-electron chi connectivity index (χ3n) is 3.64. The molecule has 0 atom stereocenters. The van der Waals surface area contributed by atoms with Crippen LogP contribution in [0.15, 0.2) is 29.4 Å². The number of amides is 1. The molecule has 5 nitrogen and oxygen atoms in total. The molecule has 6 heteroatoms. The average Bonchev–Trinajstić information content (AvgIpc) is 3.00. The van der Waals surface area contributed by atoms with Crippen LogP contribution < -0.4 is 0 Å². The van der Waals surface area contributed by atoms with Gasteiger partial charge in [-0.1, -0.05) is 69.3 Å². The van der Waals surface area contributed by atoms with Crippen molar-refractivity contribution in [1.82, 2.24) is 20.1 Å². The highest BCUT2D eigenvalue weighted by Crippen LogP contribution is 2.20. The lowest BCUT2D eigenvalue weighted by atomic mass is 10.1. The highest BCUT2D eigenvalue weighted by Gasteiger charge is 2.17. The molecule has 0 spiro atoms. The number of aromatic nitrogens is 3. The smallest absolute Gasteiger partial charge is 0.233 e. The summed E-state index contributed by atoms with van der Waals surface area (Å²) in [5, 5.41) is 7.79. The summed E-state index contributed by atoms with van der Waals surface area (Å²) >= 11 is 1.38. The van der Waals surface area contributed by atoms with Gasteiger partial charge in [-0.05, 0) is 18.8 Å². The summed E-state index contributed by atoms with van der Waals surface area (Å²) in [6.07, 6.45) is 0. The molecule has 1 aromatic carbocycles. The van der Waals surface area contributed by atoms with Gasteiger partial charge in [0.2, 0.25) is 11.1 Å². The fourth-order valence-corrected chi connectivity index (χ4v) is 3.23. The molecule has 0 aliphatic carbocycles. The van der Waals surface area contributed by atoms with Crippen LogP contribution >= 0.6 is 11.8 Å². The molecule has 0 unspecified atom stereocenters. The van der Waals surface area contributed by atoms with Gasteiger partial charge in [0.15, 0.2) is 5.82 Å². The van der Waals surface area contributed by atoms with Crippen LogP contribution in [0.25, 0.3) is 11.4 Å². The number of rotatable bonds is 8. The predicted octanol–water partition coefficient (Wildman–Crippen LogP) is 4.01. The highest BCUT2D eigenvalue weighted by molar-refractivity contribution is 7.99. The van der Waals surface area contributed by atoms with E-state index in [4.69, 9.17) is 0 Å². The van der Waals surface area contributed by atoms with Gasteiger partial charge in [0.1, 0.15) is 0 Å². The SMILES string of the molecule is Cc1ccc(-c2nc(SCC(=O)N(CC(C)C)CC(C)C)n[nH]2)cc1. The zero-order valence-corrected chi connectivity index (χ0v) is 16.6. The van der Waals surface area contributed by atoms with Crippen molar-refractivity contribution in [3.8, 4) is 11.4 Å². The normalized spacial score (nSPS) is 11.3. The molecule has 25 heavy (non-hydrogen) atoms. The quantitative estimate of drug-likeness (QED) is 0.723. The zero-order valence-electron chi connectivity index (χ0n) is 15.7. The molecule has 1 N–H and O–H groups in total. The van der Waals surface area contributed by atoms with Gasteiger partial charge in [0.05, 0.1) is 5.75 Å². The van der Waals surface area contributed by atoms with Gasteiger partial charge < -0.3 is 4.90 Å². The van der Waals surface area contributed by atoms with Crippen molar-refractivity contribution in [2.45, 2.75) is 39.8 Å². The number of nitrogens with one attached hydrogen (secondary N) is 1. The van der Waals surface area contributed by atoms with E-state index in [-0.39, 0.29) is 5.91 Å². The number of aromatic amines is 1. The molecule has 0 radical (unpaired) electrons. The summed E-state index contributed by atoms with van der Waals surface area (Å²) in [4.78, 5) is 19.0. The first-order valence-corrected chi connectivity index (χ1v) is 9.73. The Balaban J connectivity index is 1.95. The molecule has 0 aliphatic rings. The minimum absolute atomic E-state index is 0.147. The maximum Gasteiger partial charge on any atom is 0.233 e. The highest BCUT2D eigenvalue weighted by atomic mass is 32.2. The first kappa shape index (κ1) is 19.5. The molecule has 1 heterocycles. The van der Waals surface area contributed by atoms with Crippen LogP contribution in [-0.4, -0.2) is 44.8 Å². The van der Waals surface area contributed by atoms with E-state index in [0.29, 0.717) is 22.7 Å². The van der Waals surface area contributed by atoms with Crippen molar-refractivity contribution in [3.63, 3.8) is 0 Å². The Kier molecular flexibility index (Phi) is 7.05. The molecule has 2 aromatic rings. The van der Waals surface area contributed by atoms with Gasteiger partial charge in [-0.15, -0.1) is 5.10 Å². The van der Waals surface area contributed by atoms with Crippen LogP contribution in [0.1, 0.15) is 33.3 Å². The molecule has 0 saturated carbocycles. The lowest BCUT2D eigenvalue weighted by molar-refractivity contribution is -0.129. The second kappa shape index (κ2) is 9.04. The Morgan fingerprint density at radius 1 is 1.12 bits per heavy atom. The Morgan fingerprint density at radius 2 is 1.72 bits per heavy atom. The molecule has 0 saturated heterocycles. The summed E-state index contributed by atoms with van der Waals surface area (Å²) in [7, 11) is 0. The van der Waals surface area contributed by atoms with Gasteiger partial charge in [0, 0.05) is 18.7 Å². The van der Waals surface area contributed by atoms with Gasteiger partial charge >= 0.3 is 0 Å². The van der Waals surface area contributed by atoms with Gasteiger partial charge in [-0.25, -0.2) is 4.98 Å². The van der Waals surface area contributed by atoms with E-state index in [2.05, 4.69) is 49.8 Å². The van der Waals surface area contributed by atoms with Crippen molar-refractivity contribution >= 4 is 17.7 Å². The maximum absolute atomic E-state index is 12.5. The number of aryl methyl sites for hydroxylation is 1. The zero-order chi connectivity index (χ0) is 18.4. The summed E-state index contributed by atoms with van der Waals surface area (Å²) < 4.78 is 0. The van der Waals surface area contributed by atoms with Crippen LogP contribution in [0.4, 0.5) is 0 Å². The van der Waals surface area contributed by atoms with Crippen LogP contribution in [0.5, 0.6) is 0 Å². The molecule has 0 fully saturated rings. The Labute approximate surface area is 154 Å². The number of H-pyrrole nitrogens is 1. The van der Waals surface area contributed by atoms with Gasteiger partial charge in [-0.3, -0.25) is 9.89 Å². The summed E-state index contributed by atoms with van der Waals surface area (Å²) in [6.45, 7) is 12.2. The number of carbonyl (C=O) groups is 1. The van der Waals surface area contributed by atoms with E-state index in [9.17, 15) is 4.79 Å². The van der Waals surface area contributed by atoms with Gasteiger partial charge in [0.25, 0.3) is 0 Å². The lowest BCUT2D eigenvalue weighted by Gasteiger charge is -2.26. The molecule has 1 amide bonds. The van der Waals surface area contributed by atoms with E-state index < -0.39 is 0 Å². The number of nitrogens with zero attached hydrogens (tertiary/aromatic N) is 3. The van der Waals surface area contributed by atoms with Crippen LogP contribution in [-0.2, 0) is 4.79 Å². The first-order valence-electron chi connectivity index (χ1n) is 8.75. The largest absolute Gasteiger partial charge is 0.341 e. The molecular weight excluding hydrogens is 332 g/mol. The summed E-state index contributed by atoms with van der Waals surface area (Å²) in [5.74, 6) is 2.17. The molecular formula is C19H28N4OS. The van der Waals surface area contributed by atoms with E-state index in [1.807, 2.05) is 29.2 Å². The average molecular weight is 361 g/mol. The van der Waals surface area contributed by atoms with E-state index in [1.54, 1.807) is 0 Å². The number of benzene rings is 1. The first-order chi connectivity index (χ1) is 11.8. The molecule has 1 aromatic heterocycles. The standard InChI is InChI=1S/C19H28N4OS/c1-13(2)10-23(11-14(3)4)17(24)12-25-19-20-18(21-22-19)16-8-6-15(5)7-9-16/h6-9,13-14H,10-12H2,1-5H3,(H,20,21,22). The molecule has 2 rings (SSSR count). The van der Waals surface area contributed by atoms with Crippen molar-refractivity contribution in [2.75, 3.05) is 18.8 Å². The number of hydrogen-bond acceptors (Lipinski definition) is 4. The van der Waals surface area contributed by atoms with E-state index >= 15 is 0 Å². The third kappa shape index (κ3) is 6.20. The van der Waals surface area contributed by atoms with Crippen molar-refractivity contribution in [1.29, 1.82) is 0 Å². The van der Waals surface area contributed by atoms with E-state index in [0.717, 1.165) is 24.5 Å². The number of carbonyl (C=O) groups excluding carboxylic acids is 1. The van der Waals surface area contributed by atoms with Crippen LogP contribution in [0.2, 0.25) is 0 Å². The fourth-order valence-electron chi connectivity index (χ4n) is 2.53. The Hall–Kier alpha value is -1.82. The van der Waals surface area contributed by atoms with E-state index in [1.165, 1.54) is 17.3 Å². The van der Waals surface area contributed by atoms with Gasteiger partial charge in [-0.2, -0.15) is 0 Å². The molecule has 0 bridgehead atoms. The third-order valence-corrected chi connectivity index (χ3v) is 4.47. The minimum Gasteiger partial charge on any atom is -0.341 e. The Bertz CT molecular complexity index is 669. The van der Waals surface area contributed by atoms with Crippen molar-refractivity contribution in [3.05, 3.63) is 29.8 Å². The fraction of sp³-hybridized carbons (Fsp3) is 0.526. The van der Waals surface area contributed by atoms with Crippen LogP contribution in [0.3, 0.4) is 0 Å². The minimum atomic E-state index is 0.147. The number of thioether (sulfide) groups is 1. The topological polar surface area (TPSA) is 61.9 Å². The summed E-state index contributed by atoms with van der Waals surface area (Å²) in [6, 6.07) is 8.12. The van der Waals surface area contributed by atoms with Crippen molar-refractivity contribution < 1.29 is 4.79 Å². The molecule has 136 valence electrons. The second-order valence-corrected chi connectivity index (χ2v) is 8.15. The lowest BCUT2D eigenvalue weighted by Crippen LogP contribution is -2.38. The Morgan fingerprint density at radius 3 is 2.28 bits per heavy atom. The van der Waals surface area contributed by atoms with Crippen molar-refractivity contribution in [2.24, 2.45) is 11.8 Å². The number of hydrogen-bond donors (Lipinski definition) is 1. The van der Waals surface area contributed by atoms with Crippen LogP contribution in [0, 0.1) is 18.8 Å². The summed E-state index contributed by atoms with van der Waals surface area (Å²) in [5.41, 5.74) is 2.20. The monoisotopic (exact) mass is 360 g/mol. The second-order valence-electron chi connectivity index (χ2n) is 7.21.